The minimum atomic E-state index is -4.36. The lowest BCUT2D eigenvalue weighted by molar-refractivity contribution is -0.137. The van der Waals surface area contributed by atoms with Crippen molar-refractivity contribution in [3.8, 4) is 0 Å². The number of hydrogen-bond acceptors (Lipinski definition) is 0. The molecule has 4 aromatic carbocycles. The maximum absolute atomic E-state index is 13.3. The second-order valence-electron chi connectivity index (χ2n) is 8.39. The Morgan fingerprint density at radius 3 is 1.52 bits per heavy atom. The van der Waals surface area contributed by atoms with Crippen LogP contribution in [-0.4, -0.2) is 9.13 Å². The Kier molecular flexibility index (Phi) is 3.43. The van der Waals surface area contributed by atoms with Gasteiger partial charge in [-0.3, -0.25) is 0 Å². The molecule has 0 aliphatic carbocycles. The molecule has 0 aliphatic rings. The first kappa shape index (κ1) is 18.3. The molecule has 2 heterocycles. The molecule has 2 nitrogen and oxygen atoms in total. The van der Waals surface area contributed by atoms with Gasteiger partial charge in [0.05, 0.1) is 16.6 Å². The SMILES string of the molecule is Cc1ccc2c3ccc4c(ccc5c6ccc(C(F)(F)F)cc6n(C)c54)c3n(C)c2c1. The van der Waals surface area contributed by atoms with Crippen molar-refractivity contribution in [2.24, 2.45) is 14.1 Å². The number of hydrogen-bond donors (Lipinski definition) is 0. The van der Waals surface area contributed by atoms with Crippen molar-refractivity contribution in [1.82, 2.24) is 9.13 Å². The minimum absolute atomic E-state index is 0.588. The van der Waals surface area contributed by atoms with Crippen molar-refractivity contribution in [3.63, 3.8) is 0 Å². The molecule has 0 spiro atoms. The van der Waals surface area contributed by atoms with E-state index in [0.29, 0.717) is 5.52 Å². The number of aryl methyl sites for hydroxylation is 3. The second kappa shape index (κ2) is 5.82. The van der Waals surface area contributed by atoms with Crippen molar-refractivity contribution < 1.29 is 13.2 Å². The molecule has 2 aromatic heterocycles. The number of alkyl halides is 3. The highest BCUT2D eigenvalue weighted by Crippen LogP contribution is 2.40. The standard InChI is InChI=1S/C26H19F3N2/c1-14-4-6-16-18-8-10-21-20(24(18)30(2)22(16)12-14)11-9-19-17-7-5-15(26(27,28)29)13-23(17)31(3)25(19)21/h4-13H,1-3H3. The third-order valence-electron chi connectivity index (χ3n) is 6.60. The van der Waals surface area contributed by atoms with E-state index in [1.165, 1.54) is 34.0 Å². The van der Waals surface area contributed by atoms with Gasteiger partial charge in [-0.05, 0) is 30.7 Å². The topological polar surface area (TPSA) is 9.86 Å². The lowest BCUT2D eigenvalue weighted by Crippen LogP contribution is -2.04. The Bertz CT molecular complexity index is 1700. The predicted molar refractivity (Wildman–Crippen MR) is 122 cm³/mol. The first-order valence-electron chi connectivity index (χ1n) is 10.2. The van der Waals surface area contributed by atoms with Crippen LogP contribution in [0, 0.1) is 6.92 Å². The zero-order chi connectivity index (χ0) is 21.7. The normalized spacial score (nSPS) is 12.8. The molecule has 154 valence electrons. The van der Waals surface area contributed by atoms with Crippen LogP contribution in [0.4, 0.5) is 13.2 Å². The summed E-state index contributed by atoms with van der Waals surface area (Å²) in [6, 6.07) is 18.8. The summed E-state index contributed by atoms with van der Waals surface area (Å²) in [4.78, 5) is 0. The van der Waals surface area contributed by atoms with E-state index in [1.54, 1.807) is 6.07 Å². The molecule has 0 amide bonds. The Hall–Kier alpha value is -3.47. The summed E-state index contributed by atoms with van der Waals surface area (Å²) >= 11 is 0. The molecule has 0 aliphatic heterocycles. The lowest BCUT2D eigenvalue weighted by Gasteiger charge is -2.08. The molecule has 0 fully saturated rings. The Morgan fingerprint density at radius 1 is 0.581 bits per heavy atom. The molecular formula is C26H19F3N2. The smallest absolute Gasteiger partial charge is 0.343 e. The third-order valence-corrected chi connectivity index (χ3v) is 6.60. The van der Waals surface area contributed by atoms with Gasteiger partial charge in [-0.15, -0.1) is 0 Å². The summed E-state index contributed by atoms with van der Waals surface area (Å²) in [5, 5.41) is 6.33. The van der Waals surface area contributed by atoms with E-state index in [-0.39, 0.29) is 0 Å². The highest BCUT2D eigenvalue weighted by Gasteiger charge is 2.31. The Labute approximate surface area is 176 Å². The van der Waals surface area contributed by atoms with E-state index in [1.807, 2.05) is 17.7 Å². The van der Waals surface area contributed by atoms with Crippen molar-refractivity contribution >= 4 is 54.4 Å². The van der Waals surface area contributed by atoms with E-state index in [2.05, 4.69) is 54.9 Å². The zero-order valence-electron chi connectivity index (χ0n) is 17.3. The van der Waals surface area contributed by atoms with Crippen LogP contribution in [0.3, 0.4) is 0 Å². The van der Waals surface area contributed by atoms with Crippen LogP contribution >= 0.6 is 0 Å². The molecule has 31 heavy (non-hydrogen) atoms. The van der Waals surface area contributed by atoms with Crippen LogP contribution in [0.15, 0.2) is 60.7 Å². The third kappa shape index (κ3) is 2.34. The summed E-state index contributed by atoms with van der Waals surface area (Å²) in [5.41, 5.74) is 4.44. The second-order valence-corrected chi connectivity index (χ2v) is 8.39. The van der Waals surface area contributed by atoms with Gasteiger partial charge in [0.25, 0.3) is 0 Å². The summed E-state index contributed by atoms with van der Waals surface area (Å²) in [6.07, 6.45) is -4.36. The first-order chi connectivity index (χ1) is 14.8. The number of halogens is 3. The minimum Gasteiger partial charge on any atom is -0.343 e. The molecule has 0 N–H and O–H groups in total. The van der Waals surface area contributed by atoms with Crippen LogP contribution in [-0.2, 0) is 20.3 Å². The van der Waals surface area contributed by atoms with Gasteiger partial charge in [0.15, 0.2) is 0 Å². The first-order valence-corrected chi connectivity index (χ1v) is 10.2. The average Bonchev–Trinajstić information content (AvgIpc) is 3.19. The van der Waals surface area contributed by atoms with E-state index in [0.717, 1.165) is 32.6 Å². The molecule has 6 rings (SSSR count). The van der Waals surface area contributed by atoms with Crippen molar-refractivity contribution in [2.45, 2.75) is 13.1 Å². The van der Waals surface area contributed by atoms with E-state index in [4.69, 9.17) is 0 Å². The zero-order valence-corrected chi connectivity index (χ0v) is 17.3. The molecule has 0 saturated heterocycles. The van der Waals surface area contributed by atoms with Gasteiger partial charge in [0, 0.05) is 57.4 Å². The van der Waals surface area contributed by atoms with Gasteiger partial charge in [-0.2, -0.15) is 13.2 Å². The number of fused-ring (bicyclic) bond motifs is 9. The maximum Gasteiger partial charge on any atom is 0.416 e. The molecule has 0 radical (unpaired) electrons. The fourth-order valence-corrected chi connectivity index (χ4v) is 5.13. The van der Waals surface area contributed by atoms with E-state index < -0.39 is 11.7 Å². The molecule has 0 atom stereocenters. The number of aromatic nitrogens is 2. The highest BCUT2D eigenvalue weighted by molar-refractivity contribution is 6.25. The molecule has 0 unspecified atom stereocenters. The summed E-state index contributed by atoms with van der Waals surface area (Å²) in [7, 11) is 3.92. The fourth-order valence-electron chi connectivity index (χ4n) is 5.13. The summed E-state index contributed by atoms with van der Waals surface area (Å²) < 4.78 is 44.0. The summed E-state index contributed by atoms with van der Waals surface area (Å²) in [5.74, 6) is 0. The Balaban J connectivity index is 1.78. The van der Waals surface area contributed by atoms with Crippen LogP contribution in [0.2, 0.25) is 0 Å². The fraction of sp³-hybridized carbons (Fsp3) is 0.154. The number of rotatable bonds is 0. The van der Waals surface area contributed by atoms with Crippen LogP contribution in [0.5, 0.6) is 0 Å². The van der Waals surface area contributed by atoms with Crippen molar-refractivity contribution in [3.05, 3.63) is 71.8 Å². The molecule has 0 bridgehead atoms. The number of nitrogens with zero attached hydrogens (tertiary/aromatic N) is 2. The summed E-state index contributed by atoms with van der Waals surface area (Å²) in [6.45, 7) is 2.09. The Morgan fingerprint density at radius 2 is 1.00 bits per heavy atom. The van der Waals surface area contributed by atoms with Gasteiger partial charge in [0.2, 0.25) is 0 Å². The van der Waals surface area contributed by atoms with E-state index >= 15 is 0 Å². The average molecular weight is 416 g/mol. The highest BCUT2D eigenvalue weighted by atomic mass is 19.4. The van der Waals surface area contributed by atoms with Gasteiger partial charge in [0.1, 0.15) is 0 Å². The molecule has 5 heteroatoms. The molecule has 6 aromatic rings. The predicted octanol–water partition coefficient (Wildman–Crippen LogP) is 7.46. The van der Waals surface area contributed by atoms with Crippen LogP contribution < -0.4 is 0 Å². The van der Waals surface area contributed by atoms with Crippen molar-refractivity contribution in [1.29, 1.82) is 0 Å². The van der Waals surface area contributed by atoms with Gasteiger partial charge >= 0.3 is 6.18 Å². The number of benzene rings is 4. The lowest BCUT2D eigenvalue weighted by atomic mass is 10.0. The van der Waals surface area contributed by atoms with Crippen LogP contribution in [0.25, 0.3) is 54.4 Å². The molecular weight excluding hydrogens is 397 g/mol. The van der Waals surface area contributed by atoms with Crippen molar-refractivity contribution in [2.75, 3.05) is 0 Å². The maximum atomic E-state index is 13.3. The van der Waals surface area contributed by atoms with Crippen LogP contribution in [0.1, 0.15) is 11.1 Å². The van der Waals surface area contributed by atoms with Gasteiger partial charge in [-0.25, -0.2) is 0 Å². The molecule has 0 saturated carbocycles. The largest absolute Gasteiger partial charge is 0.416 e. The van der Waals surface area contributed by atoms with Gasteiger partial charge in [-0.1, -0.05) is 42.5 Å². The monoisotopic (exact) mass is 416 g/mol. The van der Waals surface area contributed by atoms with Gasteiger partial charge < -0.3 is 9.13 Å². The quantitative estimate of drug-likeness (QED) is 0.243. The van der Waals surface area contributed by atoms with E-state index in [9.17, 15) is 13.2 Å².